The second-order valence-corrected chi connectivity index (χ2v) is 5.99. The smallest absolute Gasteiger partial charge is 0.246 e. The summed E-state index contributed by atoms with van der Waals surface area (Å²) in [6.45, 7) is 1.85. The number of aromatic nitrogens is 1. The number of alkyl halides is 5. The first-order chi connectivity index (χ1) is 11.2. The maximum atomic E-state index is 14.0. The van der Waals surface area contributed by atoms with Gasteiger partial charge in [-0.3, -0.25) is 0 Å². The zero-order valence-corrected chi connectivity index (χ0v) is 13.3. The van der Waals surface area contributed by atoms with Gasteiger partial charge in [0.2, 0.25) is 0 Å². The predicted molar refractivity (Wildman–Crippen MR) is 86.6 cm³/mol. The molecule has 6 heteroatoms. The summed E-state index contributed by atoms with van der Waals surface area (Å²) >= 11 is 4.61. The van der Waals surface area contributed by atoms with Crippen LogP contribution in [0, 0.1) is 6.92 Å². The predicted octanol–water partition coefficient (Wildman–Crippen LogP) is 6.13. The molecular weight excluding hydrogens is 342 g/mol. The normalized spacial score (nSPS) is 12.6. The zero-order valence-electron chi connectivity index (χ0n) is 12.5. The van der Waals surface area contributed by atoms with Crippen molar-refractivity contribution in [2.45, 2.75) is 18.2 Å². The van der Waals surface area contributed by atoms with E-state index in [1.807, 2.05) is 6.92 Å². The molecule has 0 amide bonds. The molecule has 1 aromatic heterocycles. The number of nitrogens with zero attached hydrogens (tertiary/aromatic N) is 1. The number of benzene rings is 2. The monoisotopic (exact) mass is 353 g/mol. The Morgan fingerprint density at radius 3 is 2.21 bits per heavy atom. The van der Waals surface area contributed by atoms with Crippen molar-refractivity contribution in [1.82, 2.24) is 4.98 Å². The minimum atomic E-state index is -4.73. The van der Waals surface area contributed by atoms with Gasteiger partial charge >= 0.3 is 11.3 Å². The van der Waals surface area contributed by atoms with Crippen molar-refractivity contribution in [3.63, 3.8) is 0 Å². The fourth-order valence-corrected chi connectivity index (χ4v) is 2.60. The molecule has 0 spiro atoms. The summed E-state index contributed by atoms with van der Waals surface area (Å²) in [5.41, 5.74) is 1.09. The number of hydrogen-bond donors (Lipinski definition) is 0. The molecule has 1 heterocycles. The minimum Gasteiger partial charge on any atom is -0.246 e. The van der Waals surface area contributed by atoms with Crippen molar-refractivity contribution in [2.24, 2.45) is 0 Å². The third-order valence-electron chi connectivity index (χ3n) is 3.73. The summed E-state index contributed by atoms with van der Waals surface area (Å²) in [6, 6.07) is 14.7. The second kappa shape index (κ2) is 5.74. The van der Waals surface area contributed by atoms with E-state index in [0.717, 1.165) is 11.6 Å². The van der Waals surface area contributed by atoms with E-state index in [1.54, 1.807) is 42.5 Å². The van der Waals surface area contributed by atoms with Crippen LogP contribution in [0.2, 0.25) is 0 Å². The Balaban J connectivity index is 2.34. The molecule has 124 valence electrons. The largest absolute Gasteiger partial charge is 0.390 e. The van der Waals surface area contributed by atoms with Gasteiger partial charge in [0.1, 0.15) is 5.69 Å². The van der Waals surface area contributed by atoms with Gasteiger partial charge in [0.05, 0.1) is 5.52 Å². The molecule has 0 N–H and O–H groups in total. The number of hydrogen-bond acceptors (Lipinski definition) is 1. The van der Waals surface area contributed by atoms with Gasteiger partial charge in [-0.25, -0.2) is 4.98 Å². The summed E-state index contributed by atoms with van der Waals surface area (Å²) in [7, 11) is 0. The maximum absolute atomic E-state index is 14.0. The molecule has 0 radical (unpaired) electrons. The third-order valence-corrected chi connectivity index (χ3v) is 3.96. The molecule has 0 unspecified atom stereocenters. The fourth-order valence-electron chi connectivity index (χ4n) is 2.50. The van der Waals surface area contributed by atoms with Gasteiger partial charge in [-0.1, -0.05) is 42.0 Å². The van der Waals surface area contributed by atoms with E-state index in [1.165, 1.54) is 6.07 Å². The second-order valence-electron chi connectivity index (χ2n) is 5.51. The lowest BCUT2D eigenvalue weighted by Gasteiger charge is -2.22. The lowest BCUT2D eigenvalue weighted by atomic mass is 9.98. The van der Waals surface area contributed by atoms with Gasteiger partial charge in [0.25, 0.3) is 0 Å². The van der Waals surface area contributed by atoms with Gasteiger partial charge in [-0.15, -0.1) is 0 Å². The molecule has 0 aliphatic rings. The van der Waals surface area contributed by atoms with Gasteiger partial charge in [0, 0.05) is 5.39 Å². The highest BCUT2D eigenvalue weighted by Crippen LogP contribution is 2.46. The van der Waals surface area contributed by atoms with Crippen LogP contribution in [0.3, 0.4) is 0 Å². The highest BCUT2D eigenvalue weighted by Gasteiger charge is 2.57. The van der Waals surface area contributed by atoms with Crippen LogP contribution in [-0.4, -0.2) is 10.4 Å². The summed E-state index contributed by atoms with van der Waals surface area (Å²) < 4.78 is 54.4. The van der Waals surface area contributed by atoms with E-state index in [9.17, 15) is 17.6 Å². The van der Waals surface area contributed by atoms with Crippen LogP contribution in [0.25, 0.3) is 22.0 Å². The van der Waals surface area contributed by atoms with Gasteiger partial charge < -0.3 is 0 Å². The number of fused-ring (bicyclic) bond motifs is 1. The van der Waals surface area contributed by atoms with E-state index >= 15 is 0 Å². The first kappa shape index (κ1) is 16.7. The molecule has 0 bridgehead atoms. The average Bonchev–Trinajstić information content (AvgIpc) is 2.53. The molecule has 0 fully saturated rings. The molecule has 0 aliphatic carbocycles. The van der Waals surface area contributed by atoms with Crippen LogP contribution in [0.4, 0.5) is 17.6 Å². The SMILES string of the molecule is Cc1ccc2nc(C(F)(F)C(F)(F)Cl)cc(-c3ccccc3)c2c1. The van der Waals surface area contributed by atoms with E-state index in [0.29, 0.717) is 16.5 Å². The third kappa shape index (κ3) is 2.84. The number of halogens is 5. The summed E-state index contributed by atoms with van der Waals surface area (Å²) in [5.74, 6) is -4.59. The van der Waals surface area contributed by atoms with Crippen LogP contribution in [-0.2, 0) is 5.92 Å². The Bertz CT molecular complexity index is 889. The summed E-state index contributed by atoms with van der Waals surface area (Å²) in [6.07, 6.45) is 0. The maximum Gasteiger partial charge on any atom is 0.390 e. The summed E-state index contributed by atoms with van der Waals surface area (Å²) in [5, 5.41) is -4.12. The first-order valence-corrected chi connectivity index (χ1v) is 7.50. The first-order valence-electron chi connectivity index (χ1n) is 7.12. The molecule has 3 rings (SSSR count). The Kier molecular flexibility index (Phi) is 4.00. The molecular formula is C18H12ClF4N. The molecule has 0 aliphatic heterocycles. The van der Waals surface area contributed by atoms with Gasteiger partial charge in [-0.2, -0.15) is 17.6 Å². The van der Waals surface area contributed by atoms with E-state index in [4.69, 9.17) is 0 Å². The van der Waals surface area contributed by atoms with Crippen molar-refractivity contribution in [3.05, 3.63) is 65.9 Å². The fraction of sp³-hybridized carbons (Fsp3) is 0.167. The Labute approximate surface area is 140 Å². The Morgan fingerprint density at radius 2 is 1.58 bits per heavy atom. The number of pyridine rings is 1. The quantitative estimate of drug-likeness (QED) is 0.407. The number of rotatable bonds is 3. The highest BCUT2D eigenvalue weighted by molar-refractivity contribution is 6.22. The minimum absolute atomic E-state index is 0.206. The van der Waals surface area contributed by atoms with Crippen LogP contribution in [0.5, 0.6) is 0 Å². The van der Waals surface area contributed by atoms with Crippen molar-refractivity contribution < 1.29 is 17.6 Å². The van der Waals surface area contributed by atoms with E-state index < -0.39 is 17.0 Å². The lowest BCUT2D eigenvalue weighted by Crippen LogP contribution is -2.33. The highest BCUT2D eigenvalue weighted by atomic mass is 35.5. The van der Waals surface area contributed by atoms with Crippen molar-refractivity contribution in [2.75, 3.05) is 0 Å². The van der Waals surface area contributed by atoms with Crippen LogP contribution in [0.1, 0.15) is 11.3 Å². The van der Waals surface area contributed by atoms with Gasteiger partial charge in [0.15, 0.2) is 0 Å². The topological polar surface area (TPSA) is 12.9 Å². The van der Waals surface area contributed by atoms with Crippen molar-refractivity contribution in [1.29, 1.82) is 0 Å². The van der Waals surface area contributed by atoms with Crippen molar-refractivity contribution >= 4 is 22.5 Å². The molecule has 3 aromatic rings. The Morgan fingerprint density at radius 1 is 0.917 bits per heavy atom. The molecule has 0 atom stereocenters. The summed E-state index contributed by atoms with van der Waals surface area (Å²) in [4.78, 5) is 3.73. The Hall–Kier alpha value is -2.14. The van der Waals surface area contributed by atoms with Crippen LogP contribution >= 0.6 is 11.6 Å². The van der Waals surface area contributed by atoms with E-state index in [-0.39, 0.29) is 5.52 Å². The van der Waals surface area contributed by atoms with Crippen molar-refractivity contribution in [3.8, 4) is 11.1 Å². The number of aryl methyl sites for hydroxylation is 1. The average molecular weight is 354 g/mol. The molecule has 1 nitrogen and oxygen atoms in total. The van der Waals surface area contributed by atoms with Gasteiger partial charge in [-0.05, 0) is 47.9 Å². The molecule has 2 aromatic carbocycles. The molecule has 24 heavy (non-hydrogen) atoms. The zero-order chi connectivity index (χ0) is 17.5. The van der Waals surface area contributed by atoms with Crippen LogP contribution in [0.15, 0.2) is 54.6 Å². The molecule has 0 saturated carbocycles. The van der Waals surface area contributed by atoms with Crippen LogP contribution < -0.4 is 0 Å². The van der Waals surface area contributed by atoms with E-state index in [2.05, 4.69) is 16.6 Å². The standard InChI is InChI=1S/C18H12ClF4N/c1-11-7-8-15-14(9-11)13(12-5-3-2-4-6-12)10-16(24-15)17(20,21)18(19,22)23/h2-10H,1H3. The lowest BCUT2D eigenvalue weighted by molar-refractivity contribution is -0.166. The molecule has 0 saturated heterocycles.